The van der Waals surface area contributed by atoms with E-state index in [1.165, 1.54) is 0 Å². The lowest BCUT2D eigenvalue weighted by Crippen LogP contribution is -2.84. The summed E-state index contributed by atoms with van der Waals surface area (Å²) in [4.78, 5) is 26.9. The first kappa shape index (κ1) is 18.5. The Morgan fingerprint density at radius 2 is 1.90 bits per heavy atom. The minimum absolute atomic E-state index is 0.0316. The van der Waals surface area contributed by atoms with Crippen molar-refractivity contribution in [3.63, 3.8) is 0 Å². The number of ether oxygens (including phenoxy) is 1. The number of rotatable bonds is 0. The Hall–Kier alpha value is -1.26. The van der Waals surface area contributed by atoms with Gasteiger partial charge in [-0.3, -0.25) is 9.59 Å². The Bertz CT molecular complexity index is 912. The number of aliphatic hydroxyl groups excluding tert-OH is 1. The van der Waals surface area contributed by atoms with Crippen molar-refractivity contribution >= 4 is 11.6 Å². The topological polar surface area (TPSA) is 63.6 Å². The average Bonchev–Trinajstić information content (AvgIpc) is 2.75. The van der Waals surface area contributed by atoms with Crippen LogP contribution in [0, 0.1) is 45.3 Å². The van der Waals surface area contributed by atoms with E-state index in [9.17, 15) is 14.7 Å². The molecule has 7 aliphatic rings. The molecular weight excluding hydrogens is 364 g/mol. The van der Waals surface area contributed by atoms with Crippen LogP contribution in [-0.2, 0) is 14.3 Å². The number of aliphatic hydroxyl groups is 1. The molecular formula is C25H32O4. The van der Waals surface area contributed by atoms with E-state index >= 15 is 0 Å². The third-order valence-corrected chi connectivity index (χ3v) is 10.3. The van der Waals surface area contributed by atoms with Gasteiger partial charge in [0.25, 0.3) is 0 Å². The zero-order chi connectivity index (χ0) is 20.8. The highest BCUT2D eigenvalue weighted by Gasteiger charge is 2.86. The van der Waals surface area contributed by atoms with Crippen LogP contribution in [0.1, 0.15) is 53.4 Å². The van der Waals surface area contributed by atoms with Crippen molar-refractivity contribution in [2.75, 3.05) is 6.61 Å². The Balaban J connectivity index is 1.69. The maximum atomic E-state index is 14.0. The average molecular weight is 397 g/mol. The fraction of sp³-hybridized carbons (Fsp3) is 0.760. The molecule has 156 valence electrons. The van der Waals surface area contributed by atoms with Gasteiger partial charge in [-0.05, 0) is 60.5 Å². The second-order valence-electron chi connectivity index (χ2n) is 12.2. The summed E-state index contributed by atoms with van der Waals surface area (Å²) in [6, 6.07) is 0. The quantitative estimate of drug-likeness (QED) is 0.637. The van der Waals surface area contributed by atoms with Crippen LogP contribution in [0.4, 0.5) is 0 Å². The lowest BCUT2D eigenvalue weighted by Gasteiger charge is -2.77. The molecule has 4 saturated carbocycles. The van der Waals surface area contributed by atoms with Gasteiger partial charge in [0.05, 0.1) is 18.1 Å². The van der Waals surface area contributed by atoms with Crippen molar-refractivity contribution < 1.29 is 19.4 Å². The molecule has 8 atom stereocenters. The largest absolute Gasteiger partial charge is 0.390 e. The van der Waals surface area contributed by atoms with Crippen LogP contribution in [0.3, 0.4) is 0 Å². The van der Waals surface area contributed by atoms with Crippen LogP contribution in [0.2, 0.25) is 0 Å². The molecule has 5 aliphatic carbocycles. The first-order valence-corrected chi connectivity index (χ1v) is 11.2. The summed E-state index contributed by atoms with van der Waals surface area (Å²) in [6.07, 6.45) is 6.50. The van der Waals surface area contributed by atoms with Gasteiger partial charge in [-0.2, -0.15) is 0 Å². The first-order valence-electron chi connectivity index (χ1n) is 11.2. The third-order valence-electron chi connectivity index (χ3n) is 10.3. The molecule has 1 N–H and O–H groups in total. The van der Waals surface area contributed by atoms with Crippen LogP contribution >= 0.6 is 0 Å². The second-order valence-corrected chi connectivity index (χ2v) is 12.2. The molecule has 29 heavy (non-hydrogen) atoms. The maximum absolute atomic E-state index is 14.0. The van der Waals surface area contributed by atoms with Crippen LogP contribution in [0.15, 0.2) is 24.3 Å². The van der Waals surface area contributed by atoms with Gasteiger partial charge in [-0.15, -0.1) is 0 Å². The highest BCUT2D eigenvalue weighted by atomic mass is 16.5. The van der Waals surface area contributed by atoms with E-state index in [1.54, 1.807) is 6.08 Å². The molecule has 2 heterocycles. The molecule has 1 unspecified atom stereocenters. The summed E-state index contributed by atoms with van der Waals surface area (Å²) in [5.74, 6) is 0.529. The number of ketones is 2. The summed E-state index contributed by atoms with van der Waals surface area (Å²) >= 11 is 0. The van der Waals surface area contributed by atoms with Crippen LogP contribution in [0.5, 0.6) is 0 Å². The van der Waals surface area contributed by atoms with Crippen LogP contribution in [-0.4, -0.2) is 35.0 Å². The van der Waals surface area contributed by atoms with Crippen LogP contribution < -0.4 is 0 Å². The second kappa shape index (κ2) is 4.80. The van der Waals surface area contributed by atoms with E-state index < -0.39 is 27.9 Å². The van der Waals surface area contributed by atoms with Crippen molar-refractivity contribution in [3.8, 4) is 0 Å². The number of carbonyl (C=O) groups is 2. The van der Waals surface area contributed by atoms with Crippen molar-refractivity contribution in [2.24, 2.45) is 45.3 Å². The van der Waals surface area contributed by atoms with Gasteiger partial charge < -0.3 is 9.84 Å². The highest BCUT2D eigenvalue weighted by Crippen LogP contribution is 2.81. The number of Topliss-reactive ketones (excluding diaryl/α,β-unsaturated/α-hetero) is 1. The fourth-order valence-corrected chi connectivity index (χ4v) is 9.61. The van der Waals surface area contributed by atoms with Gasteiger partial charge in [0.2, 0.25) is 0 Å². The molecule has 0 radical (unpaired) electrons. The summed E-state index contributed by atoms with van der Waals surface area (Å²) in [5.41, 5.74) is -1.98. The van der Waals surface area contributed by atoms with E-state index in [-0.39, 0.29) is 40.7 Å². The Morgan fingerprint density at radius 1 is 1.17 bits per heavy atom. The molecule has 0 amide bonds. The van der Waals surface area contributed by atoms with Crippen molar-refractivity contribution in [3.05, 3.63) is 24.3 Å². The number of allylic oxidation sites excluding steroid dienone is 2. The normalized spacial score (nSPS) is 55.6. The molecule has 0 aromatic rings. The standard InChI is InChI=1S/C25H32O4/c1-13-14-6-7-16-23-9-8-17(26)22(4,5)18(23)20(28)24(29-12-23)11-21(2,3)10-15(14)25(16,24)19(13)27/h8-9,14-16,18,20,28H,1,6-7,10-12H2,2-5H3/t14-,15+,16-,18+,20-,23+,24?,25-/m0/s1. The van der Waals surface area contributed by atoms with Gasteiger partial charge in [0.1, 0.15) is 5.60 Å². The molecule has 2 saturated heterocycles. The minimum atomic E-state index is -0.908. The summed E-state index contributed by atoms with van der Waals surface area (Å²) < 4.78 is 6.71. The molecule has 4 bridgehead atoms. The molecule has 7 rings (SSSR count). The lowest BCUT2D eigenvalue weighted by atomic mass is 9.31. The van der Waals surface area contributed by atoms with Gasteiger partial charge >= 0.3 is 0 Å². The van der Waals surface area contributed by atoms with E-state index in [0.717, 1.165) is 24.8 Å². The lowest BCUT2D eigenvalue weighted by molar-refractivity contribution is -0.380. The Labute approximate surface area is 172 Å². The maximum Gasteiger partial charge on any atom is 0.168 e. The van der Waals surface area contributed by atoms with Crippen molar-refractivity contribution in [2.45, 2.75) is 65.1 Å². The predicted molar refractivity (Wildman–Crippen MR) is 108 cm³/mol. The van der Waals surface area contributed by atoms with Gasteiger partial charge in [-0.1, -0.05) is 40.3 Å². The number of fused-ring (bicyclic) bond motifs is 1. The minimum Gasteiger partial charge on any atom is -0.390 e. The van der Waals surface area contributed by atoms with Crippen molar-refractivity contribution in [1.29, 1.82) is 0 Å². The van der Waals surface area contributed by atoms with E-state index in [0.29, 0.717) is 13.0 Å². The predicted octanol–water partition coefficient (Wildman–Crippen LogP) is 3.49. The van der Waals surface area contributed by atoms with Crippen LogP contribution in [0.25, 0.3) is 0 Å². The number of carbonyl (C=O) groups excluding carboxylic acids is 2. The summed E-state index contributed by atoms with van der Waals surface area (Å²) in [5, 5.41) is 12.0. The summed E-state index contributed by atoms with van der Waals surface area (Å²) in [7, 11) is 0. The molecule has 0 aromatic carbocycles. The highest BCUT2D eigenvalue weighted by molar-refractivity contribution is 6.05. The van der Waals surface area contributed by atoms with Gasteiger partial charge in [-0.25, -0.2) is 0 Å². The molecule has 4 nitrogen and oxygen atoms in total. The van der Waals surface area contributed by atoms with Crippen molar-refractivity contribution in [1.82, 2.24) is 0 Å². The Kier molecular flexibility index (Phi) is 3.06. The van der Waals surface area contributed by atoms with E-state index in [4.69, 9.17) is 4.74 Å². The molecule has 4 heteroatoms. The molecule has 3 spiro atoms. The first-order chi connectivity index (χ1) is 13.5. The van der Waals surface area contributed by atoms with Gasteiger partial charge in [0, 0.05) is 16.7 Å². The summed E-state index contributed by atoms with van der Waals surface area (Å²) in [6.45, 7) is 13.2. The molecule has 0 aromatic heterocycles. The molecule has 6 fully saturated rings. The van der Waals surface area contributed by atoms with E-state index in [2.05, 4.69) is 20.4 Å². The van der Waals surface area contributed by atoms with E-state index in [1.807, 2.05) is 19.9 Å². The Morgan fingerprint density at radius 3 is 2.62 bits per heavy atom. The fourth-order valence-electron chi connectivity index (χ4n) is 9.61. The van der Waals surface area contributed by atoms with Gasteiger partial charge in [0.15, 0.2) is 11.6 Å². The monoisotopic (exact) mass is 396 g/mol. The molecule has 2 aliphatic heterocycles. The zero-order valence-electron chi connectivity index (χ0n) is 18.0. The number of hydrogen-bond donors (Lipinski definition) is 1. The third kappa shape index (κ3) is 1.61. The SMILES string of the molecule is C=C1C(=O)[C@@]23[C@@H]4CC(C)(C)CC25OC[C@]2(C=CC(=O)C(C)(C)[C@H]2[C@@H]5O)[C@@H]3CC[C@@H]14. The number of hydrogen-bond acceptors (Lipinski definition) is 4. The zero-order valence-corrected chi connectivity index (χ0v) is 18.0. The smallest absolute Gasteiger partial charge is 0.168 e.